The molecule has 0 bridgehead atoms. The van der Waals surface area contributed by atoms with Crippen molar-refractivity contribution in [2.24, 2.45) is 7.05 Å². The topological polar surface area (TPSA) is 85.7 Å². The number of anilines is 1. The summed E-state index contributed by atoms with van der Waals surface area (Å²) in [4.78, 5) is 27.2. The van der Waals surface area contributed by atoms with Crippen molar-refractivity contribution in [3.8, 4) is 5.75 Å². The van der Waals surface area contributed by atoms with Crippen molar-refractivity contribution in [1.82, 2.24) is 14.7 Å². The number of carbonyl (C=O) groups excluding carboxylic acids is 2. The summed E-state index contributed by atoms with van der Waals surface area (Å²) in [6, 6.07) is 5.58. The fraction of sp³-hybridized carbons (Fsp3) is 0.476. The molecule has 0 atom stereocenters. The molecule has 8 heteroatoms. The van der Waals surface area contributed by atoms with Gasteiger partial charge >= 0.3 is 6.09 Å². The third-order valence-corrected chi connectivity index (χ3v) is 4.67. The highest BCUT2D eigenvalue weighted by Crippen LogP contribution is 2.28. The van der Waals surface area contributed by atoms with Gasteiger partial charge in [0.1, 0.15) is 17.0 Å². The molecule has 1 N–H and O–H groups in total. The van der Waals surface area contributed by atoms with E-state index in [9.17, 15) is 9.59 Å². The van der Waals surface area contributed by atoms with Crippen LogP contribution in [0.3, 0.4) is 0 Å². The lowest BCUT2D eigenvalue weighted by Gasteiger charge is -2.29. The molecule has 0 aliphatic carbocycles. The van der Waals surface area contributed by atoms with Crippen LogP contribution in [0.5, 0.6) is 5.75 Å². The number of aromatic nitrogens is 2. The smallest absolute Gasteiger partial charge is 0.410 e. The first kappa shape index (κ1) is 20.7. The highest BCUT2D eigenvalue weighted by atomic mass is 16.6. The summed E-state index contributed by atoms with van der Waals surface area (Å²) >= 11 is 0. The molecule has 0 fully saturated rings. The van der Waals surface area contributed by atoms with Crippen molar-refractivity contribution in [3.63, 3.8) is 0 Å². The number of fused-ring (bicyclic) bond motifs is 1. The molecule has 1 aromatic carbocycles. The Morgan fingerprint density at radius 3 is 2.62 bits per heavy atom. The van der Waals surface area contributed by atoms with Gasteiger partial charge in [-0.3, -0.25) is 9.48 Å². The van der Waals surface area contributed by atoms with Gasteiger partial charge in [0.25, 0.3) is 5.91 Å². The van der Waals surface area contributed by atoms with Crippen molar-refractivity contribution in [2.75, 3.05) is 19.0 Å². The van der Waals surface area contributed by atoms with Crippen LogP contribution in [0.15, 0.2) is 18.2 Å². The first-order valence-electron chi connectivity index (χ1n) is 9.57. The van der Waals surface area contributed by atoms with Gasteiger partial charge in [0, 0.05) is 25.6 Å². The van der Waals surface area contributed by atoms with Crippen molar-refractivity contribution in [1.29, 1.82) is 0 Å². The van der Waals surface area contributed by atoms with E-state index in [2.05, 4.69) is 10.4 Å². The minimum atomic E-state index is -0.575. The highest BCUT2D eigenvalue weighted by Gasteiger charge is 2.31. The lowest BCUT2D eigenvalue weighted by atomic mass is 10.0. The Kier molecular flexibility index (Phi) is 5.55. The summed E-state index contributed by atoms with van der Waals surface area (Å²) in [5.41, 5.74) is 3.02. The molecule has 3 rings (SSSR count). The second-order valence-electron chi connectivity index (χ2n) is 8.21. The SMILES string of the molecule is COc1ccc(C)cc1NC(=O)c1c2c(nn1C)CCN(C(=O)OC(C)(C)C)C2. The van der Waals surface area contributed by atoms with Crippen LogP contribution in [-0.2, 0) is 24.8 Å². The van der Waals surface area contributed by atoms with Gasteiger partial charge in [-0.25, -0.2) is 4.79 Å². The molecular weight excluding hydrogens is 372 g/mol. The maximum atomic E-state index is 13.1. The van der Waals surface area contributed by atoms with Gasteiger partial charge < -0.3 is 19.7 Å². The van der Waals surface area contributed by atoms with Gasteiger partial charge in [0.2, 0.25) is 0 Å². The van der Waals surface area contributed by atoms with Gasteiger partial charge in [-0.2, -0.15) is 5.10 Å². The first-order valence-corrected chi connectivity index (χ1v) is 9.57. The average Bonchev–Trinajstić information content (AvgIpc) is 2.95. The van der Waals surface area contributed by atoms with E-state index < -0.39 is 11.7 Å². The number of aryl methyl sites for hydroxylation is 2. The Morgan fingerprint density at radius 2 is 1.97 bits per heavy atom. The lowest BCUT2D eigenvalue weighted by Crippen LogP contribution is -2.40. The Hall–Kier alpha value is -3.03. The van der Waals surface area contributed by atoms with E-state index in [4.69, 9.17) is 9.47 Å². The number of carbonyl (C=O) groups is 2. The van der Waals surface area contributed by atoms with Gasteiger partial charge in [0.15, 0.2) is 0 Å². The number of nitrogens with one attached hydrogen (secondary N) is 1. The number of nitrogens with zero attached hydrogens (tertiary/aromatic N) is 3. The largest absolute Gasteiger partial charge is 0.495 e. The van der Waals surface area contributed by atoms with Gasteiger partial charge in [0.05, 0.1) is 25.0 Å². The van der Waals surface area contributed by atoms with Crippen molar-refractivity contribution < 1.29 is 19.1 Å². The number of ether oxygens (including phenoxy) is 2. The number of methoxy groups -OCH3 is 1. The summed E-state index contributed by atoms with van der Waals surface area (Å²) in [6.07, 6.45) is 0.183. The normalized spacial score (nSPS) is 13.7. The average molecular weight is 400 g/mol. The summed E-state index contributed by atoms with van der Waals surface area (Å²) in [5, 5.41) is 7.41. The third-order valence-electron chi connectivity index (χ3n) is 4.67. The lowest BCUT2D eigenvalue weighted by molar-refractivity contribution is 0.0222. The standard InChI is InChI=1S/C21H28N4O4/c1-13-7-8-17(28-6)16(11-13)22-19(26)18-14-12-25(20(27)29-21(2,3)4)10-9-15(14)23-24(18)5/h7-8,11H,9-10,12H2,1-6H3,(H,22,26). The van der Waals surface area contributed by atoms with E-state index in [-0.39, 0.29) is 12.5 Å². The first-order chi connectivity index (χ1) is 13.6. The van der Waals surface area contributed by atoms with Crippen LogP contribution in [0.25, 0.3) is 0 Å². The molecule has 1 aromatic heterocycles. The van der Waals surface area contributed by atoms with Crippen LogP contribution in [0.4, 0.5) is 10.5 Å². The molecule has 2 heterocycles. The van der Waals surface area contributed by atoms with Crippen LogP contribution in [0.2, 0.25) is 0 Å². The Labute approximate surface area is 170 Å². The van der Waals surface area contributed by atoms with E-state index in [1.807, 2.05) is 45.9 Å². The molecule has 0 saturated carbocycles. The molecule has 8 nitrogen and oxygen atoms in total. The third kappa shape index (κ3) is 4.52. The van der Waals surface area contributed by atoms with Gasteiger partial charge in [-0.05, 0) is 45.4 Å². The molecule has 29 heavy (non-hydrogen) atoms. The Bertz CT molecular complexity index is 943. The molecule has 2 amide bonds. The quantitative estimate of drug-likeness (QED) is 0.855. The predicted octanol–water partition coefficient (Wildman–Crippen LogP) is 3.28. The monoisotopic (exact) mass is 400 g/mol. The molecule has 156 valence electrons. The minimum Gasteiger partial charge on any atom is -0.495 e. The molecule has 2 aromatic rings. The molecular formula is C21H28N4O4. The van der Waals surface area contributed by atoms with Gasteiger partial charge in [-0.1, -0.05) is 6.07 Å². The maximum Gasteiger partial charge on any atom is 0.410 e. The van der Waals surface area contributed by atoms with E-state index in [0.29, 0.717) is 30.1 Å². The van der Waals surface area contributed by atoms with E-state index in [0.717, 1.165) is 16.8 Å². The fourth-order valence-corrected chi connectivity index (χ4v) is 3.37. The van der Waals surface area contributed by atoms with Crippen molar-refractivity contribution >= 4 is 17.7 Å². The fourth-order valence-electron chi connectivity index (χ4n) is 3.37. The number of hydrogen-bond donors (Lipinski definition) is 1. The van der Waals surface area contributed by atoms with Crippen LogP contribution in [0, 0.1) is 6.92 Å². The molecule has 0 unspecified atom stereocenters. The zero-order chi connectivity index (χ0) is 21.3. The summed E-state index contributed by atoms with van der Waals surface area (Å²) in [7, 11) is 3.30. The summed E-state index contributed by atoms with van der Waals surface area (Å²) in [6.45, 7) is 8.23. The number of rotatable bonds is 3. The van der Waals surface area contributed by atoms with Crippen molar-refractivity contribution in [3.05, 3.63) is 40.7 Å². The molecule has 0 spiro atoms. The second-order valence-corrected chi connectivity index (χ2v) is 8.21. The Morgan fingerprint density at radius 1 is 1.24 bits per heavy atom. The molecule has 1 aliphatic heterocycles. The maximum absolute atomic E-state index is 13.1. The van der Waals surface area contributed by atoms with E-state index in [1.54, 1.807) is 23.7 Å². The highest BCUT2D eigenvalue weighted by molar-refractivity contribution is 6.05. The van der Waals surface area contributed by atoms with Crippen LogP contribution < -0.4 is 10.1 Å². The van der Waals surface area contributed by atoms with E-state index >= 15 is 0 Å². The summed E-state index contributed by atoms with van der Waals surface area (Å²) < 4.78 is 12.4. The molecule has 0 radical (unpaired) electrons. The number of benzene rings is 1. The molecule has 0 saturated heterocycles. The second kappa shape index (κ2) is 7.77. The van der Waals surface area contributed by atoms with E-state index in [1.165, 1.54) is 0 Å². The van der Waals surface area contributed by atoms with Crippen molar-refractivity contribution in [2.45, 2.75) is 46.3 Å². The number of hydrogen-bond acceptors (Lipinski definition) is 5. The van der Waals surface area contributed by atoms with Crippen LogP contribution in [-0.4, -0.2) is 45.9 Å². The molecule has 1 aliphatic rings. The van der Waals surface area contributed by atoms with Crippen LogP contribution in [0.1, 0.15) is 48.1 Å². The predicted molar refractivity (Wildman–Crippen MR) is 109 cm³/mol. The zero-order valence-electron chi connectivity index (χ0n) is 17.8. The van der Waals surface area contributed by atoms with Crippen LogP contribution >= 0.6 is 0 Å². The zero-order valence-corrected chi connectivity index (χ0v) is 17.8. The summed E-state index contributed by atoms with van der Waals surface area (Å²) in [5.74, 6) is 0.284. The van der Waals surface area contributed by atoms with Gasteiger partial charge in [-0.15, -0.1) is 0 Å². The Balaban J connectivity index is 1.86. The minimum absolute atomic E-state index is 0.284. The number of amides is 2.